The van der Waals surface area contributed by atoms with Crippen molar-refractivity contribution < 1.29 is 14.3 Å². The number of benzene rings is 1. The number of rotatable bonds is 3. The molecule has 0 spiro atoms. The number of carbonyl (C=O) groups is 1. The average Bonchev–Trinajstić information content (AvgIpc) is 2.12. The zero-order chi connectivity index (χ0) is 10.6. The number of carbonyl (C=O) groups excluding carboxylic acids is 1. The van der Waals surface area contributed by atoms with Crippen molar-refractivity contribution in [2.45, 2.75) is 0 Å². The predicted octanol–water partition coefficient (Wildman–Crippen LogP) is 1.79. The molecule has 14 heavy (non-hydrogen) atoms. The summed E-state index contributed by atoms with van der Waals surface area (Å²) in [4.78, 5) is 11.3. The van der Waals surface area contributed by atoms with Gasteiger partial charge in [-0.05, 0) is 18.2 Å². The molecule has 0 bridgehead atoms. The SMILES string of the molecule is COCOC(=O)c1cc(N)cc(Br)c1. The molecule has 0 aromatic heterocycles. The molecule has 1 rings (SSSR count). The zero-order valence-corrected chi connectivity index (χ0v) is 9.21. The summed E-state index contributed by atoms with van der Waals surface area (Å²) in [5.74, 6) is -0.458. The van der Waals surface area contributed by atoms with Gasteiger partial charge in [-0.15, -0.1) is 0 Å². The molecular formula is C9H10BrNO3. The summed E-state index contributed by atoms with van der Waals surface area (Å²) in [6, 6.07) is 4.88. The maximum Gasteiger partial charge on any atom is 0.340 e. The summed E-state index contributed by atoms with van der Waals surface area (Å²) in [5, 5.41) is 0. The van der Waals surface area contributed by atoms with Gasteiger partial charge in [0.1, 0.15) is 0 Å². The first-order chi connectivity index (χ1) is 6.63. The fourth-order valence-corrected chi connectivity index (χ4v) is 1.44. The van der Waals surface area contributed by atoms with Gasteiger partial charge in [0.05, 0.1) is 5.56 Å². The fraction of sp³-hybridized carbons (Fsp3) is 0.222. The van der Waals surface area contributed by atoms with Crippen LogP contribution in [0.1, 0.15) is 10.4 Å². The van der Waals surface area contributed by atoms with E-state index in [1.54, 1.807) is 18.2 Å². The maximum absolute atomic E-state index is 11.3. The van der Waals surface area contributed by atoms with Crippen LogP contribution < -0.4 is 5.73 Å². The molecule has 1 aromatic rings. The van der Waals surface area contributed by atoms with Gasteiger partial charge in [-0.2, -0.15) is 0 Å². The van der Waals surface area contributed by atoms with E-state index in [0.717, 1.165) is 4.47 Å². The van der Waals surface area contributed by atoms with Crippen LogP contribution in [0.5, 0.6) is 0 Å². The molecule has 1 aromatic carbocycles. The smallest absolute Gasteiger partial charge is 0.340 e. The summed E-state index contributed by atoms with van der Waals surface area (Å²) in [6.07, 6.45) is 0. The van der Waals surface area contributed by atoms with Crippen molar-refractivity contribution in [2.75, 3.05) is 19.6 Å². The standard InChI is InChI=1S/C9H10BrNO3/c1-13-5-14-9(12)6-2-7(10)4-8(11)3-6/h2-4H,5,11H2,1H3. The quantitative estimate of drug-likeness (QED) is 0.511. The highest BCUT2D eigenvalue weighted by Gasteiger charge is 2.08. The molecule has 0 aliphatic heterocycles. The van der Waals surface area contributed by atoms with Crippen molar-refractivity contribution in [2.24, 2.45) is 0 Å². The Morgan fingerprint density at radius 1 is 1.50 bits per heavy atom. The molecule has 0 aliphatic rings. The Kier molecular flexibility index (Phi) is 3.91. The third-order valence-electron chi connectivity index (χ3n) is 1.46. The Balaban J connectivity index is 2.79. The Labute approximate surface area is 90.1 Å². The number of esters is 1. The normalized spacial score (nSPS) is 9.86. The van der Waals surface area contributed by atoms with E-state index in [2.05, 4.69) is 20.7 Å². The van der Waals surface area contributed by atoms with Crippen molar-refractivity contribution in [3.05, 3.63) is 28.2 Å². The van der Waals surface area contributed by atoms with E-state index in [0.29, 0.717) is 11.3 Å². The highest BCUT2D eigenvalue weighted by Crippen LogP contribution is 2.17. The first kappa shape index (κ1) is 11.0. The van der Waals surface area contributed by atoms with Crippen LogP contribution in [0.15, 0.2) is 22.7 Å². The van der Waals surface area contributed by atoms with Gasteiger partial charge < -0.3 is 15.2 Å². The fourth-order valence-electron chi connectivity index (χ4n) is 0.926. The van der Waals surface area contributed by atoms with Crippen LogP contribution in [0.3, 0.4) is 0 Å². The number of nitrogens with two attached hydrogens (primary N) is 1. The van der Waals surface area contributed by atoms with Crippen molar-refractivity contribution in [1.29, 1.82) is 0 Å². The Morgan fingerprint density at radius 3 is 2.79 bits per heavy atom. The van der Waals surface area contributed by atoms with Gasteiger partial charge in [-0.1, -0.05) is 15.9 Å². The van der Waals surface area contributed by atoms with Crippen molar-refractivity contribution in [3.8, 4) is 0 Å². The molecule has 4 nitrogen and oxygen atoms in total. The summed E-state index contributed by atoms with van der Waals surface area (Å²) in [5.41, 5.74) is 6.46. The Morgan fingerprint density at radius 2 is 2.21 bits per heavy atom. The third kappa shape index (κ3) is 3.01. The molecule has 0 atom stereocenters. The number of nitrogen functional groups attached to an aromatic ring is 1. The highest BCUT2D eigenvalue weighted by atomic mass is 79.9. The summed E-state index contributed by atoms with van der Waals surface area (Å²) in [6.45, 7) is -0.0642. The lowest BCUT2D eigenvalue weighted by Gasteiger charge is -2.04. The van der Waals surface area contributed by atoms with E-state index in [4.69, 9.17) is 10.5 Å². The molecule has 0 fully saturated rings. The highest BCUT2D eigenvalue weighted by molar-refractivity contribution is 9.10. The number of hydrogen-bond donors (Lipinski definition) is 1. The Bertz CT molecular complexity index is 321. The summed E-state index contributed by atoms with van der Waals surface area (Å²) < 4.78 is 10.1. The lowest BCUT2D eigenvalue weighted by molar-refractivity contribution is -0.0125. The van der Waals surface area contributed by atoms with Gasteiger partial charge in [0.25, 0.3) is 0 Å². The lowest BCUT2D eigenvalue weighted by atomic mass is 10.2. The van der Waals surface area contributed by atoms with Crippen LogP contribution in [-0.2, 0) is 9.47 Å². The summed E-state index contributed by atoms with van der Waals surface area (Å²) >= 11 is 3.23. The van der Waals surface area contributed by atoms with Crippen LogP contribution in [0, 0.1) is 0 Å². The average molecular weight is 260 g/mol. The van der Waals surface area contributed by atoms with E-state index in [9.17, 15) is 4.79 Å². The molecule has 0 amide bonds. The van der Waals surface area contributed by atoms with Crippen LogP contribution in [0.4, 0.5) is 5.69 Å². The molecule has 76 valence electrons. The maximum atomic E-state index is 11.3. The molecule has 0 radical (unpaired) electrons. The number of hydrogen-bond acceptors (Lipinski definition) is 4. The second kappa shape index (κ2) is 4.97. The Hall–Kier alpha value is -1.07. The molecule has 2 N–H and O–H groups in total. The van der Waals surface area contributed by atoms with E-state index >= 15 is 0 Å². The van der Waals surface area contributed by atoms with Crippen molar-refractivity contribution >= 4 is 27.6 Å². The van der Waals surface area contributed by atoms with Crippen molar-refractivity contribution in [3.63, 3.8) is 0 Å². The third-order valence-corrected chi connectivity index (χ3v) is 1.92. The first-order valence-electron chi connectivity index (χ1n) is 3.85. The van der Waals surface area contributed by atoms with Crippen LogP contribution >= 0.6 is 15.9 Å². The minimum atomic E-state index is -0.458. The van der Waals surface area contributed by atoms with Gasteiger partial charge >= 0.3 is 5.97 Å². The van der Waals surface area contributed by atoms with Gasteiger partial charge in [0, 0.05) is 17.3 Å². The second-order valence-electron chi connectivity index (χ2n) is 2.61. The number of methoxy groups -OCH3 is 1. The van der Waals surface area contributed by atoms with E-state index in [-0.39, 0.29) is 6.79 Å². The molecule has 0 aliphatic carbocycles. The van der Waals surface area contributed by atoms with Gasteiger partial charge in [-0.3, -0.25) is 0 Å². The molecule has 0 unspecified atom stereocenters. The molecule has 5 heteroatoms. The van der Waals surface area contributed by atoms with Gasteiger partial charge in [-0.25, -0.2) is 4.79 Å². The molecule has 0 saturated heterocycles. The topological polar surface area (TPSA) is 61.5 Å². The monoisotopic (exact) mass is 259 g/mol. The zero-order valence-electron chi connectivity index (χ0n) is 7.62. The molecular weight excluding hydrogens is 250 g/mol. The molecule has 0 heterocycles. The number of ether oxygens (including phenoxy) is 2. The number of anilines is 1. The largest absolute Gasteiger partial charge is 0.435 e. The first-order valence-corrected chi connectivity index (χ1v) is 4.65. The van der Waals surface area contributed by atoms with Gasteiger partial charge in [0.2, 0.25) is 0 Å². The van der Waals surface area contributed by atoms with Crippen molar-refractivity contribution in [1.82, 2.24) is 0 Å². The van der Waals surface area contributed by atoms with Crippen LogP contribution in [0.2, 0.25) is 0 Å². The lowest BCUT2D eigenvalue weighted by Crippen LogP contribution is -2.07. The number of halogens is 1. The molecule has 0 saturated carbocycles. The summed E-state index contributed by atoms with van der Waals surface area (Å²) in [7, 11) is 1.45. The minimum Gasteiger partial charge on any atom is -0.435 e. The van der Waals surface area contributed by atoms with E-state index in [1.807, 2.05) is 0 Å². The van der Waals surface area contributed by atoms with E-state index in [1.165, 1.54) is 7.11 Å². The second-order valence-corrected chi connectivity index (χ2v) is 3.53. The van der Waals surface area contributed by atoms with Crippen LogP contribution in [-0.4, -0.2) is 19.9 Å². The van der Waals surface area contributed by atoms with Gasteiger partial charge in [0.15, 0.2) is 6.79 Å². The van der Waals surface area contributed by atoms with Crippen LogP contribution in [0.25, 0.3) is 0 Å². The minimum absolute atomic E-state index is 0.0642. The van der Waals surface area contributed by atoms with E-state index < -0.39 is 5.97 Å². The predicted molar refractivity (Wildman–Crippen MR) is 55.8 cm³/mol.